The van der Waals surface area contributed by atoms with Gasteiger partial charge in [-0.05, 0) is 31.7 Å². The van der Waals surface area contributed by atoms with Gasteiger partial charge < -0.3 is 10.2 Å². The summed E-state index contributed by atoms with van der Waals surface area (Å²) in [6.07, 6.45) is 2.00. The van der Waals surface area contributed by atoms with Gasteiger partial charge in [0.25, 0.3) is 0 Å². The SMILES string of the molecule is CCCCC(=O)C(C)(O)C(O)CCc1ccccc1. The second-order valence-electron chi connectivity index (χ2n) is 5.21. The quantitative estimate of drug-likeness (QED) is 0.758. The highest BCUT2D eigenvalue weighted by Gasteiger charge is 2.36. The maximum atomic E-state index is 11.9. The Bertz CT molecular complexity index is 384. The van der Waals surface area contributed by atoms with E-state index in [1.165, 1.54) is 6.92 Å². The van der Waals surface area contributed by atoms with Crippen LogP contribution < -0.4 is 0 Å². The number of unbranched alkanes of at least 4 members (excludes halogenated alkanes) is 1. The van der Waals surface area contributed by atoms with E-state index in [-0.39, 0.29) is 5.78 Å². The molecule has 3 heteroatoms. The van der Waals surface area contributed by atoms with E-state index in [4.69, 9.17) is 0 Å². The molecule has 1 rings (SSSR count). The van der Waals surface area contributed by atoms with Gasteiger partial charge in [0.15, 0.2) is 5.78 Å². The zero-order chi connectivity index (χ0) is 14.3. The summed E-state index contributed by atoms with van der Waals surface area (Å²) in [5.74, 6) is -0.269. The predicted molar refractivity (Wildman–Crippen MR) is 75.9 cm³/mol. The zero-order valence-electron chi connectivity index (χ0n) is 11.8. The molecule has 0 fully saturated rings. The average Bonchev–Trinajstić information content (AvgIpc) is 2.42. The summed E-state index contributed by atoms with van der Waals surface area (Å²) >= 11 is 0. The number of ketones is 1. The number of aryl methyl sites for hydroxylation is 1. The maximum absolute atomic E-state index is 11.9. The van der Waals surface area contributed by atoms with Gasteiger partial charge in [-0.1, -0.05) is 43.7 Å². The lowest BCUT2D eigenvalue weighted by atomic mass is 9.87. The lowest BCUT2D eigenvalue weighted by molar-refractivity contribution is -0.148. The fourth-order valence-corrected chi connectivity index (χ4v) is 2.01. The summed E-state index contributed by atoms with van der Waals surface area (Å²) < 4.78 is 0. The molecule has 0 spiro atoms. The van der Waals surface area contributed by atoms with E-state index in [2.05, 4.69) is 0 Å². The number of carbonyl (C=O) groups is 1. The van der Waals surface area contributed by atoms with Gasteiger partial charge in [0, 0.05) is 6.42 Å². The molecule has 2 atom stereocenters. The molecule has 0 saturated heterocycles. The summed E-state index contributed by atoms with van der Waals surface area (Å²) in [5.41, 5.74) is -0.539. The van der Waals surface area contributed by atoms with Crippen molar-refractivity contribution in [3.05, 3.63) is 35.9 Å². The highest BCUT2D eigenvalue weighted by molar-refractivity contribution is 5.87. The number of hydrogen-bond donors (Lipinski definition) is 2. The van der Waals surface area contributed by atoms with Gasteiger partial charge in [-0.2, -0.15) is 0 Å². The molecular formula is C16H24O3. The monoisotopic (exact) mass is 264 g/mol. The van der Waals surface area contributed by atoms with E-state index in [1.54, 1.807) is 0 Å². The van der Waals surface area contributed by atoms with E-state index in [0.29, 0.717) is 19.3 Å². The number of Topliss-reactive ketones (excluding diaryl/α,β-unsaturated/α-hetero) is 1. The third-order valence-electron chi connectivity index (χ3n) is 3.52. The first kappa shape index (κ1) is 15.9. The normalized spacial score (nSPS) is 15.8. The van der Waals surface area contributed by atoms with Gasteiger partial charge in [0.2, 0.25) is 0 Å². The fraction of sp³-hybridized carbons (Fsp3) is 0.562. The van der Waals surface area contributed by atoms with Crippen molar-refractivity contribution >= 4 is 5.78 Å². The number of hydrogen-bond acceptors (Lipinski definition) is 3. The number of benzene rings is 1. The number of aliphatic hydroxyl groups is 2. The van der Waals surface area contributed by atoms with Crippen LogP contribution in [0.2, 0.25) is 0 Å². The van der Waals surface area contributed by atoms with Crippen molar-refractivity contribution in [2.45, 2.75) is 57.7 Å². The van der Waals surface area contributed by atoms with Gasteiger partial charge in [0.1, 0.15) is 5.60 Å². The highest BCUT2D eigenvalue weighted by Crippen LogP contribution is 2.19. The topological polar surface area (TPSA) is 57.5 Å². The lowest BCUT2D eigenvalue weighted by Gasteiger charge is -2.27. The lowest BCUT2D eigenvalue weighted by Crippen LogP contribution is -2.47. The van der Waals surface area contributed by atoms with Crippen molar-refractivity contribution < 1.29 is 15.0 Å². The number of rotatable bonds is 8. The molecule has 0 aromatic heterocycles. The first-order chi connectivity index (χ1) is 8.98. The molecular weight excluding hydrogens is 240 g/mol. The molecule has 0 aliphatic heterocycles. The predicted octanol–water partition coefficient (Wildman–Crippen LogP) is 2.49. The van der Waals surface area contributed by atoms with Crippen LogP contribution >= 0.6 is 0 Å². The Morgan fingerprint density at radius 2 is 1.95 bits per heavy atom. The Balaban J connectivity index is 2.51. The van der Waals surface area contributed by atoms with Crippen LogP contribution in [-0.4, -0.2) is 27.7 Å². The molecule has 0 aliphatic carbocycles. The molecule has 2 unspecified atom stereocenters. The second-order valence-corrected chi connectivity index (χ2v) is 5.21. The van der Waals surface area contributed by atoms with Crippen molar-refractivity contribution in [1.29, 1.82) is 0 Å². The second kappa shape index (κ2) is 7.41. The average molecular weight is 264 g/mol. The van der Waals surface area contributed by atoms with Crippen LogP contribution in [0.5, 0.6) is 0 Å². The summed E-state index contributed by atoms with van der Waals surface area (Å²) in [4.78, 5) is 11.9. The van der Waals surface area contributed by atoms with E-state index in [0.717, 1.165) is 18.4 Å². The Labute approximate surface area is 115 Å². The van der Waals surface area contributed by atoms with Crippen LogP contribution in [0.25, 0.3) is 0 Å². The zero-order valence-corrected chi connectivity index (χ0v) is 11.8. The summed E-state index contributed by atoms with van der Waals surface area (Å²) in [5, 5.41) is 20.2. The third kappa shape index (κ3) is 4.77. The standard InChI is InChI=1S/C16H24O3/c1-3-4-10-14(17)16(2,19)15(18)12-11-13-8-6-5-7-9-13/h5-9,15,18-19H,3-4,10-12H2,1-2H3. The Morgan fingerprint density at radius 1 is 1.32 bits per heavy atom. The first-order valence-corrected chi connectivity index (χ1v) is 6.96. The van der Waals surface area contributed by atoms with Crippen LogP contribution in [0.1, 0.15) is 45.1 Å². The molecule has 3 nitrogen and oxygen atoms in total. The van der Waals surface area contributed by atoms with Gasteiger partial charge in [0.05, 0.1) is 6.10 Å². The Hall–Kier alpha value is -1.19. The summed E-state index contributed by atoms with van der Waals surface area (Å²) in [6, 6.07) is 9.75. The number of aliphatic hydroxyl groups excluding tert-OH is 1. The molecule has 0 heterocycles. The smallest absolute Gasteiger partial charge is 0.166 e. The minimum atomic E-state index is -1.63. The van der Waals surface area contributed by atoms with Crippen molar-refractivity contribution in [2.24, 2.45) is 0 Å². The fourth-order valence-electron chi connectivity index (χ4n) is 2.01. The van der Waals surface area contributed by atoms with Crippen molar-refractivity contribution in [1.82, 2.24) is 0 Å². The minimum absolute atomic E-state index is 0.269. The van der Waals surface area contributed by atoms with E-state index in [1.807, 2.05) is 37.3 Å². The molecule has 1 aromatic rings. The highest BCUT2D eigenvalue weighted by atomic mass is 16.3. The molecule has 1 aromatic carbocycles. The van der Waals surface area contributed by atoms with Crippen LogP contribution in [0, 0.1) is 0 Å². The van der Waals surface area contributed by atoms with Gasteiger partial charge in [-0.15, -0.1) is 0 Å². The van der Waals surface area contributed by atoms with Crippen molar-refractivity contribution in [3.8, 4) is 0 Å². The molecule has 0 radical (unpaired) electrons. The van der Waals surface area contributed by atoms with Crippen LogP contribution in [0.15, 0.2) is 30.3 Å². The summed E-state index contributed by atoms with van der Waals surface area (Å²) in [7, 11) is 0. The van der Waals surface area contributed by atoms with Gasteiger partial charge in [-0.3, -0.25) is 4.79 Å². The molecule has 2 N–H and O–H groups in total. The van der Waals surface area contributed by atoms with E-state index < -0.39 is 11.7 Å². The van der Waals surface area contributed by atoms with E-state index >= 15 is 0 Å². The largest absolute Gasteiger partial charge is 0.390 e. The van der Waals surface area contributed by atoms with Crippen LogP contribution in [0.4, 0.5) is 0 Å². The molecule has 19 heavy (non-hydrogen) atoms. The van der Waals surface area contributed by atoms with Crippen molar-refractivity contribution in [2.75, 3.05) is 0 Å². The molecule has 0 aliphatic rings. The Morgan fingerprint density at radius 3 is 2.53 bits per heavy atom. The van der Waals surface area contributed by atoms with Crippen LogP contribution in [-0.2, 0) is 11.2 Å². The van der Waals surface area contributed by atoms with Crippen molar-refractivity contribution in [3.63, 3.8) is 0 Å². The molecule has 106 valence electrons. The van der Waals surface area contributed by atoms with Gasteiger partial charge in [-0.25, -0.2) is 0 Å². The minimum Gasteiger partial charge on any atom is -0.390 e. The van der Waals surface area contributed by atoms with Crippen LogP contribution in [0.3, 0.4) is 0 Å². The maximum Gasteiger partial charge on any atom is 0.166 e. The first-order valence-electron chi connectivity index (χ1n) is 6.96. The molecule has 0 saturated carbocycles. The molecule has 0 amide bonds. The number of carbonyl (C=O) groups excluding carboxylic acids is 1. The Kier molecular flexibility index (Phi) is 6.19. The third-order valence-corrected chi connectivity index (χ3v) is 3.52. The molecule has 0 bridgehead atoms. The van der Waals surface area contributed by atoms with Gasteiger partial charge >= 0.3 is 0 Å². The summed E-state index contributed by atoms with van der Waals surface area (Å²) in [6.45, 7) is 3.41. The van der Waals surface area contributed by atoms with E-state index in [9.17, 15) is 15.0 Å².